The molecule has 0 radical (unpaired) electrons. The molecule has 1 atom stereocenters. The van der Waals surface area contributed by atoms with Gasteiger partial charge in [0, 0.05) is 43.5 Å². The normalized spacial score (nSPS) is 17.5. The number of carbonyl (C=O) groups is 1. The number of nitrogens with zero attached hydrogens (tertiary/aromatic N) is 3. The lowest BCUT2D eigenvalue weighted by molar-refractivity contribution is -0.139. The number of aromatic nitrogens is 3. The Labute approximate surface area is 144 Å². The number of hydrogen-bond donors (Lipinski definition) is 1. The molecule has 1 fully saturated rings. The summed E-state index contributed by atoms with van der Waals surface area (Å²) in [5.41, 5.74) is 0.240. The van der Waals surface area contributed by atoms with Gasteiger partial charge < -0.3 is 19.2 Å². The Hall–Kier alpha value is -2.74. The van der Waals surface area contributed by atoms with Gasteiger partial charge in [-0.3, -0.25) is 14.4 Å². The van der Waals surface area contributed by atoms with Crippen molar-refractivity contribution in [1.29, 1.82) is 0 Å². The first-order valence-electron chi connectivity index (χ1n) is 8.15. The van der Waals surface area contributed by atoms with Crippen LogP contribution in [0.5, 0.6) is 0 Å². The van der Waals surface area contributed by atoms with Crippen LogP contribution in [-0.4, -0.2) is 45.0 Å². The van der Waals surface area contributed by atoms with Crippen LogP contribution in [0, 0.1) is 6.92 Å². The van der Waals surface area contributed by atoms with Gasteiger partial charge in [0.25, 0.3) is 11.1 Å². The second kappa shape index (κ2) is 7.43. The van der Waals surface area contributed by atoms with E-state index in [2.05, 4.69) is 9.97 Å². The van der Waals surface area contributed by atoms with E-state index in [-0.39, 0.29) is 23.4 Å². The fourth-order valence-electron chi connectivity index (χ4n) is 2.82. The molecule has 2 aromatic rings. The molecule has 2 aromatic heterocycles. The van der Waals surface area contributed by atoms with Crippen molar-refractivity contribution in [2.24, 2.45) is 0 Å². The Bertz CT molecular complexity index is 873. The third kappa shape index (κ3) is 4.21. The van der Waals surface area contributed by atoms with Gasteiger partial charge in [-0.2, -0.15) is 0 Å². The lowest BCUT2D eigenvalue weighted by Gasteiger charge is -2.32. The van der Waals surface area contributed by atoms with Crippen LogP contribution in [0.1, 0.15) is 24.0 Å². The lowest BCUT2D eigenvalue weighted by Crippen LogP contribution is -2.43. The number of ether oxygens (including phenoxy) is 1. The minimum Gasteiger partial charge on any atom is -0.367 e. The number of rotatable bonds is 4. The zero-order chi connectivity index (χ0) is 17.8. The van der Waals surface area contributed by atoms with E-state index < -0.39 is 6.10 Å². The Kier molecular flexibility index (Phi) is 5.08. The van der Waals surface area contributed by atoms with Crippen LogP contribution in [0.2, 0.25) is 0 Å². The predicted molar refractivity (Wildman–Crippen MR) is 90.2 cm³/mol. The lowest BCUT2D eigenvalue weighted by atomic mass is 10.2. The van der Waals surface area contributed by atoms with Crippen LogP contribution < -0.4 is 11.1 Å². The highest BCUT2D eigenvalue weighted by Crippen LogP contribution is 2.19. The predicted octanol–water partition coefficient (Wildman–Crippen LogP) is 0.230. The maximum atomic E-state index is 12.5. The molecule has 25 heavy (non-hydrogen) atoms. The first-order valence-corrected chi connectivity index (χ1v) is 8.15. The molecule has 3 heterocycles. The standard InChI is InChI=1S/C17H20N4O4/c1-12-10-14(22)19-17(18-12)13-11-21(8-9-25-13)16(24)5-7-20-6-3-2-4-15(20)23/h2-4,6,10,13H,5,7-9,11H2,1H3,(H,18,19,22)/t13-/m1/s1. The summed E-state index contributed by atoms with van der Waals surface area (Å²) in [7, 11) is 0. The average Bonchev–Trinajstić information content (AvgIpc) is 2.60. The van der Waals surface area contributed by atoms with Crippen molar-refractivity contribution in [3.8, 4) is 0 Å². The number of carbonyl (C=O) groups excluding carboxylic acids is 1. The largest absolute Gasteiger partial charge is 0.367 e. The molecule has 0 bridgehead atoms. The molecule has 1 aliphatic heterocycles. The second-order valence-electron chi connectivity index (χ2n) is 5.95. The van der Waals surface area contributed by atoms with Crippen molar-refractivity contribution in [3.63, 3.8) is 0 Å². The van der Waals surface area contributed by atoms with Gasteiger partial charge in [-0.25, -0.2) is 4.98 Å². The van der Waals surface area contributed by atoms with Crippen LogP contribution in [0.4, 0.5) is 0 Å². The second-order valence-corrected chi connectivity index (χ2v) is 5.95. The van der Waals surface area contributed by atoms with Gasteiger partial charge >= 0.3 is 0 Å². The SMILES string of the molecule is Cc1cc(=O)[nH]c([C@H]2CN(C(=O)CCn3ccccc3=O)CCO2)n1. The molecular weight excluding hydrogens is 324 g/mol. The number of amides is 1. The Morgan fingerprint density at radius 1 is 1.40 bits per heavy atom. The molecule has 1 N–H and O–H groups in total. The maximum absolute atomic E-state index is 12.5. The molecular formula is C17H20N4O4. The third-order valence-corrected chi connectivity index (χ3v) is 4.08. The molecule has 0 spiro atoms. The Balaban J connectivity index is 1.64. The van der Waals surface area contributed by atoms with Crippen LogP contribution in [-0.2, 0) is 16.1 Å². The number of morpholine rings is 1. The number of nitrogens with one attached hydrogen (secondary N) is 1. The van der Waals surface area contributed by atoms with E-state index in [0.717, 1.165) is 0 Å². The minimum absolute atomic E-state index is 0.0564. The monoisotopic (exact) mass is 344 g/mol. The van der Waals surface area contributed by atoms with E-state index in [1.807, 2.05) is 0 Å². The van der Waals surface area contributed by atoms with Gasteiger partial charge in [-0.05, 0) is 13.0 Å². The summed E-state index contributed by atoms with van der Waals surface area (Å²) >= 11 is 0. The third-order valence-electron chi connectivity index (χ3n) is 4.08. The molecule has 132 valence electrons. The summed E-state index contributed by atoms with van der Waals surface area (Å²) < 4.78 is 7.16. The maximum Gasteiger partial charge on any atom is 0.251 e. The van der Waals surface area contributed by atoms with Crippen molar-refractivity contribution < 1.29 is 9.53 Å². The summed E-state index contributed by atoms with van der Waals surface area (Å²) in [4.78, 5) is 44.4. The number of aryl methyl sites for hydroxylation is 2. The number of aromatic amines is 1. The van der Waals surface area contributed by atoms with Crippen molar-refractivity contribution in [2.75, 3.05) is 19.7 Å². The summed E-state index contributed by atoms with van der Waals surface area (Å²) in [5, 5.41) is 0. The summed E-state index contributed by atoms with van der Waals surface area (Å²) in [6.07, 6.45) is 1.44. The van der Waals surface area contributed by atoms with E-state index in [1.165, 1.54) is 16.7 Å². The zero-order valence-corrected chi connectivity index (χ0v) is 14.0. The molecule has 3 rings (SSSR count). The highest BCUT2D eigenvalue weighted by molar-refractivity contribution is 5.76. The van der Waals surface area contributed by atoms with Crippen LogP contribution >= 0.6 is 0 Å². The number of hydrogen-bond acceptors (Lipinski definition) is 5. The molecule has 1 saturated heterocycles. The van der Waals surface area contributed by atoms with Gasteiger partial charge in [0.2, 0.25) is 5.91 Å². The molecule has 0 aromatic carbocycles. The van der Waals surface area contributed by atoms with Gasteiger partial charge in [0.15, 0.2) is 0 Å². The van der Waals surface area contributed by atoms with Crippen molar-refractivity contribution in [1.82, 2.24) is 19.4 Å². The van der Waals surface area contributed by atoms with E-state index in [1.54, 1.807) is 30.2 Å². The van der Waals surface area contributed by atoms with E-state index >= 15 is 0 Å². The molecule has 1 amide bonds. The fraction of sp³-hybridized carbons (Fsp3) is 0.412. The highest BCUT2D eigenvalue weighted by Gasteiger charge is 2.26. The fourth-order valence-corrected chi connectivity index (χ4v) is 2.82. The van der Waals surface area contributed by atoms with E-state index in [0.29, 0.717) is 37.8 Å². The summed E-state index contributed by atoms with van der Waals surface area (Å²) in [6, 6.07) is 6.31. The van der Waals surface area contributed by atoms with Crippen molar-refractivity contribution in [2.45, 2.75) is 26.0 Å². The minimum atomic E-state index is -0.454. The molecule has 8 nitrogen and oxygen atoms in total. The van der Waals surface area contributed by atoms with E-state index in [4.69, 9.17) is 4.74 Å². The number of H-pyrrole nitrogens is 1. The molecule has 0 saturated carbocycles. The van der Waals surface area contributed by atoms with Gasteiger partial charge in [0.1, 0.15) is 11.9 Å². The highest BCUT2D eigenvalue weighted by atomic mass is 16.5. The first kappa shape index (κ1) is 17.1. The van der Waals surface area contributed by atoms with Crippen LogP contribution in [0.25, 0.3) is 0 Å². The quantitative estimate of drug-likeness (QED) is 0.856. The number of pyridine rings is 1. The van der Waals surface area contributed by atoms with Gasteiger partial charge in [0.05, 0.1) is 13.2 Å². The van der Waals surface area contributed by atoms with Crippen molar-refractivity contribution in [3.05, 3.63) is 62.7 Å². The summed E-state index contributed by atoms with van der Waals surface area (Å²) in [6.45, 7) is 3.26. The van der Waals surface area contributed by atoms with Crippen molar-refractivity contribution >= 4 is 5.91 Å². The Morgan fingerprint density at radius 2 is 2.24 bits per heavy atom. The molecule has 0 aliphatic carbocycles. The topological polar surface area (TPSA) is 97.3 Å². The van der Waals surface area contributed by atoms with Crippen LogP contribution in [0.15, 0.2) is 40.1 Å². The van der Waals surface area contributed by atoms with Crippen LogP contribution in [0.3, 0.4) is 0 Å². The smallest absolute Gasteiger partial charge is 0.251 e. The van der Waals surface area contributed by atoms with Gasteiger partial charge in [-0.15, -0.1) is 0 Å². The first-order chi connectivity index (χ1) is 12.0. The Morgan fingerprint density at radius 3 is 3.00 bits per heavy atom. The molecule has 1 aliphatic rings. The average molecular weight is 344 g/mol. The molecule has 8 heteroatoms. The molecule has 0 unspecified atom stereocenters. The summed E-state index contributed by atoms with van der Waals surface area (Å²) in [5.74, 6) is 0.376. The van der Waals surface area contributed by atoms with E-state index in [9.17, 15) is 14.4 Å². The van der Waals surface area contributed by atoms with Gasteiger partial charge in [-0.1, -0.05) is 6.07 Å². The zero-order valence-electron chi connectivity index (χ0n) is 14.0.